The smallest absolute Gasteiger partial charge is 0.324 e. The van der Waals surface area contributed by atoms with Crippen LogP contribution >= 0.6 is 15.9 Å². The molecule has 0 unspecified atom stereocenters. The van der Waals surface area contributed by atoms with Gasteiger partial charge in [-0.25, -0.2) is 4.98 Å². The summed E-state index contributed by atoms with van der Waals surface area (Å²) in [7, 11) is 0. The van der Waals surface area contributed by atoms with Crippen LogP contribution in [0.3, 0.4) is 0 Å². The van der Waals surface area contributed by atoms with E-state index in [1.807, 2.05) is 0 Å². The van der Waals surface area contributed by atoms with Crippen LogP contribution in [0, 0.1) is 0 Å². The van der Waals surface area contributed by atoms with Crippen molar-refractivity contribution in [2.75, 3.05) is 0 Å². The Labute approximate surface area is 93.8 Å². The van der Waals surface area contributed by atoms with Crippen molar-refractivity contribution in [2.45, 2.75) is 25.1 Å². The van der Waals surface area contributed by atoms with Crippen LogP contribution in [0.5, 0.6) is 0 Å². The molecule has 2 N–H and O–H groups in total. The molecule has 0 aliphatic rings. The van der Waals surface area contributed by atoms with Crippen molar-refractivity contribution in [1.82, 2.24) is 4.98 Å². The van der Waals surface area contributed by atoms with Crippen molar-refractivity contribution in [1.29, 1.82) is 0 Å². The molecule has 0 radical (unpaired) electrons. The number of alkyl halides is 3. The Morgan fingerprint density at radius 1 is 1.47 bits per heavy atom. The van der Waals surface area contributed by atoms with Crippen LogP contribution in [0.1, 0.15) is 24.4 Å². The molecule has 1 rings (SSSR count). The van der Waals surface area contributed by atoms with Gasteiger partial charge < -0.3 is 5.73 Å². The minimum Gasteiger partial charge on any atom is -0.324 e. The quantitative estimate of drug-likeness (QED) is 0.865. The largest absolute Gasteiger partial charge is 0.389 e. The second kappa shape index (κ2) is 4.94. The summed E-state index contributed by atoms with van der Waals surface area (Å²) in [6.07, 6.45) is -3.62. The van der Waals surface area contributed by atoms with Crippen LogP contribution in [-0.4, -0.2) is 11.2 Å². The molecule has 84 valence electrons. The fraction of sp³-hybridized carbons (Fsp3) is 0.444. The topological polar surface area (TPSA) is 38.9 Å². The summed E-state index contributed by atoms with van der Waals surface area (Å²) in [5.41, 5.74) is 6.28. The Hall–Kier alpha value is -0.620. The van der Waals surface area contributed by atoms with Gasteiger partial charge in [-0.1, -0.05) is 0 Å². The molecule has 2 nitrogen and oxygen atoms in total. The van der Waals surface area contributed by atoms with Crippen LogP contribution in [0.2, 0.25) is 0 Å². The van der Waals surface area contributed by atoms with Crippen LogP contribution in [-0.2, 0) is 0 Å². The van der Waals surface area contributed by atoms with Crippen molar-refractivity contribution in [2.24, 2.45) is 5.73 Å². The third-order valence-corrected chi connectivity index (χ3v) is 2.35. The summed E-state index contributed by atoms with van der Waals surface area (Å²) >= 11 is 3.13. The molecule has 0 aromatic carbocycles. The van der Waals surface area contributed by atoms with Gasteiger partial charge in [0.25, 0.3) is 0 Å². The number of nitrogens with two attached hydrogens (primary N) is 1. The van der Waals surface area contributed by atoms with Crippen molar-refractivity contribution in [3.05, 3.63) is 28.5 Å². The SMILES string of the molecule is N[C@H](CCC(F)(F)F)c1ccnc(Br)c1. The van der Waals surface area contributed by atoms with Gasteiger partial charge in [0.05, 0.1) is 0 Å². The normalized spacial score (nSPS) is 13.9. The molecule has 0 aliphatic heterocycles. The van der Waals surface area contributed by atoms with Gasteiger partial charge in [0, 0.05) is 18.7 Å². The van der Waals surface area contributed by atoms with Crippen LogP contribution in [0.25, 0.3) is 0 Å². The van der Waals surface area contributed by atoms with E-state index in [9.17, 15) is 13.2 Å². The highest BCUT2D eigenvalue weighted by molar-refractivity contribution is 9.10. The van der Waals surface area contributed by atoms with Crippen LogP contribution in [0.15, 0.2) is 22.9 Å². The highest BCUT2D eigenvalue weighted by Crippen LogP contribution is 2.26. The fourth-order valence-electron chi connectivity index (χ4n) is 1.13. The first-order chi connectivity index (χ1) is 6.88. The molecule has 0 bridgehead atoms. The maximum absolute atomic E-state index is 11.9. The summed E-state index contributed by atoms with van der Waals surface area (Å²) in [5.74, 6) is 0. The lowest BCUT2D eigenvalue weighted by molar-refractivity contribution is -0.136. The van der Waals surface area contributed by atoms with Crippen LogP contribution < -0.4 is 5.73 Å². The van der Waals surface area contributed by atoms with E-state index in [0.29, 0.717) is 10.2 Å². The van der Waals surface area contributed by atoms with Gasteiger partial charge in [0.15, 0.2) is 0 Å². The van der Waals surface area contributed by atoms with E-state index in [0.717, 1.165) is 0 Å². The minimum atomic E-state index is -4.15. The highest BCUT2D eigenvalue weighted by atomic mass is 79.9. The Balaban J connectivity index is 2.58. The average molecular weight is 283 g/mol. The fourth-order valence-corrected chi connectivity index (χ4v) is 1.52. The van der Waals surface area contributed by atoms with Gasteiger partial charge >= 0.3 is 6.18 Å². The first-order valence-corrected chi connectivity index (χ1v) is 5.11. The zero-order valence-electron chi connectivity index (χ0n) is 7.76. The number of aromatic nitrogens is 1. The standard InChI is InChI=1S/C9H10BrF3N2/c10-8-5-6(2-4-15-8)7(14)1-3-9(11,12)13/h2,4-5,7H,1,3,14H2/t7-/m1/s1. The molecule has 1 atom stereocenters. The summed E-state index contributed by atoms with van der Waals surface area (Å²) in [6.45, 7) is 0. The Kier molecular flexibility index (Phi) is 4.10. The van der Waals surface area contributed by atoms with Crippen molar-refractivity contribution >= 4 is 15.9 Å². The second-order valence-corrected chi connectivity index (χ2v) is 3.98. The molecular formula is C9H10BrF3N2. The first kappa shape index (κ1) is 12.4. The molecule has 0 aliphatic carbocycles. The maximum Gasteiger partial charge on any atom is 0.389 e. The summed E-state index contributed by atoms with van der Waals surface area (Å²) < 4.78 is 36.4. The average Bonchev–Trinajstić information content (AvgIpc) is 2.13. The Bertz CT molecular complexity index is 327. The van der Waals surface area contributed by atoms with Crippen molar-refractivity contribution in [3.63, 3.8) is 0 Å². The maximum atomic E-state index is 11.9. The van der Waals surface area contributed by atoms with E-state index in [4.69, 9.17) is 5.73 Å². The zero-order valence-corrected chi connectivity index (χ0v) is 9.35. The van der Waals surface area contributed by atoms with E-state index < -0.39 is 18.6 Å². The number of hydrogen-bond acceptors (Lipinski definition) is 2. The van der Waals surface area contributed by atoms with Gasteiger partial charge in [0.1, 0.15) is 4.60 Å². The number of rotatable bonds is 3. The minimum absolute atomic E-state index is 0.111. The second-order valence-electron chi connectivity index (χ2n) is 3.17. The highest BCUT2D eigenvalue weighted by Gasteiger charge is 2.27. The summed E-state index contributed by atoms with van der Waals surface area (Å²) in [5, 5.41) is 0. The predicted octanol–water partition coefficient (Wildman–Crippen LogP) is 3.19. The Morgan fingerprint density at radius 2 is 2.13 bits per heavy atom. The van der Waals surface area contributed by atoms with E-state index in [1.165, 1.54) is 6.20 Å². The molecular weight excluding hydrogens is 273 g/mol. The molecule has 1 heterocycles. The lowest BCUT2D eigenvalue weighted by Crippen LogP contribution is -2.15. The molecule has 6 heteroatoms. The molecule has 15 heavy (non-hydrogen) atoms. The lowest BCUT2D eigenvalue weighted by atomic mass is 10.0. The van der Waals surface area contributed by atoms with E-state index in [1.54, 1.807) is 12.1 Å². The predicted molar refractivity (Wildman–Crippen MR) is 54.2 cm³/mol. The lowest BCUT2D eigenvalue weighted by Gasteiger charge is -2.13. The number of pyridine rings is 1. The Morgan fingerprint density at radius 3 is 2.67 bits per heavy atom. The van der Waals surface area contributed by atoms with E-state index in [2.05, 4.69) is 20.9 Å². The molecule has 1 aromatic rings. The molecule has 0 fully saturated rings. The third-order valence-electron chi connectivity index (χ3n) is 1.92. The summed E-state index contributed by atoms with van der Waals surface area (Å²) in [4.78, 5) is 3.87. The number of hydrogen-bond donors (Lipinski definition) is 1. The van der Waals surface area contributed by atoms with Gasteiger partial charge in [-0.3, -0.25) is 0 Å². The van der Waals surface area contributed by atoms with E-state index in [-0.39, 0.29) is 6.42 Å². The summed E-state index contributed by atoms with van der Waals surface area (Å²) in [6, 6.07) is 2.64. The molecule has 0 saturated carbocycles. The zero-order chi connectivity index (χ0) is 11.5. The molecule has 1 aromatic heterocycles. The van der Waals surface area contributed by atoms with Crippen molar-refractivity contribution < 1.29 is 13.2 Å². The van der Waals surface area contributed by atoms with E-state index >= 15 is 0 Å². The molecule has 0 spiro atoms. The van der Waals surface area contributed by atoms with Gasteiger partial charge in [-0.15, -0.1) is 0 Å². The van der Waals surface area contributed by atoms with Gasteiger partial charge in [-0.2, -0.15) is 13.2 Å². The first-order valence-electron chi connectivity index (χ1n) is 4.32. The number of nitrogens with zero attached hydrogens (tertiary/aromatic N) is 1. The van der Waals surface area contributed by atoms with Gasteiger partial charge in [0.2, 0.25) is 0 Å². The monoisotopic (exact) mass is 282 g/mol. The molecule has 0 amide bonds. The van der Waals surface area contributed by atoms with Crippen LogP contribution in [0.4, 0.5) is 13.2 Å². The van der Waals surface area contributed by atoms with Gasteiger partial charge in [-0.05, 0) is 40.0 Å². The number of halogens is 4. The molecule has 0 saturated heterocycles. The third kappa shape index (κ3) is 4.61. The van der Waals surface area contributed by atoms with Crippen molar-refractivity contribution in [3.8, 4) is 0 Å².